The number of aliphatic imine (C=N–C) groups is 1. The Balaban J connectivity index is 0.00000576. The number of hydrogen-bond acceptors (Lipinski definition) is 3. The van der Waals surface area contributed by atoms with Crippen molar-refractivity contribution in [2.45, 2.75) is 27.2 Å². The van der Waals surface area contributed by atoms with Gasteiger partial charge in [0.25, 0.3) is 0 Å². The smallest absolute Gasteiger partial charge is 0.241 e. The second-order valence-corrected chi connectivity index (χ2v) is 5.71. The molecule has 142 valence electrons. The van der Waals surface area contributed by atoms with Gasteiger partial charge in [-0.05, 0) is 32.8 Å². The number of nitrogens with one attached hydrogen (secondary N) is 3. The van der Waals surface area contributed by atoms with Gasteiger partial charge < -0.3 is 20.7 Å². The van der Waals surface area contributed by atoms with Crippen LogP contribution in [0.3, 0.4) is 0 Å². The number of carbonyl (C=O) groups excluding carboxylic acids is 1. The quantitative estimate of drug-likeness (QED) is 0.227. The molecular weight excluding hydrogens is 431 g/mol. The van der Waals surface area contributed by atoms with E-state index >= 15 is 0 Å². The number of methoxy groups -OCH3 is 1. The minimum atomic E-state index is -0.112. The number of guanidine groups is 1. The zero-order valence-electron chi connectivity index (χ0n) is 15.6. The van der Waals surface area contributed by atoms with Gasteiger partial charge in [0.15, 0.2) is 5.96 Å². The first-order valence-corrected chi connectivity index (χ1v) is 8.40. The SMILES string of the molecule is CCNC(=NCC(=O)NCCOC)NCCc1cc(C)cc(C)c1.I. The summed E-state index contributed by atoms with van der Waals surface area (Å²) in [4.78, 5) is 16.0. The Labute approximate surface area is 168 Å². The van der Waals surface area contributed by atoms with E-state index in [1.165, 1.54) is 16.7 Å². The van der Waals surface area contributed by atoms with Crippen LogP contribution in [0.1, 0.15) is 23.6 Å². The predicted molar refractivity (Wildman–Crippen MR) is 114 cm³/mol. The Kier molecular flexibility index (Phi) is 13.1. The summed E-state index contributed by atoms with van der Waals surface area (Å²) in [5.41, 5.74) is 3.85. The van der Waals surface area contributed by atoms with Crippen LogP contribution in [0.25, 0.3) is 0 Å². The maximum Gasteiger partial charge on any atom is 0.241 e. The van der Waals surface area contributed by atoms with Gasteiger partial charge in [-0.1, -0.05) is 29.3 Å². The highest BCUT2D eigenvalue weighted by molar-refractivity contribution is 14.0. The molecule has 0 aliphatic rings. The number of halogens is 1. The molecule has 0 aliphatic carbocycles. The molecule has 25 heavy (non-hydrogen) atoms. The number of amides is 1. The maximum absolute atomic E-state index is 11.7. The minimum absolute atomic E-state index is 0. The summed E-state index contributed by atoms with van der Waals surface area (Å²) in [6.45, 7) is 8.84. The third kappa shape index (κ3) is 11.0. The van der Waals surface area contributed by atoms with Crippen LogP contribution >= 0.6 is 24.0 Å². The van der Waals surface area contributed by atoms with Crippen molar-refractivity contribution in [3.05, 3.63) is 34.9 Å². The standard InChI is InChI=1S/C18H30N4O2.HI/c1-5-19-18(22-13-17(23)20-8-9-24-4)21-7-6-16-11-14(2)10-15(3)12-16;/h10-12H,5-9,13H2,1-4H3,(H,20,23)(H2,19,21,22);1H. The van der Waals surface area contributed by atoms with Crippen molar-refractivity contribution in [2.24, 2.45) is 4.99 Å². The number of rotatable bonds is 9. The summed E-state index contributed by atoms with van der Waals surface area (Å²) in [6, 6.07) is 6.56. The number of benzene rings is 1. The Morgan fingerprint density at radius 2 is 1.76 bits per heavy atom. The van der Waals surface area contributed by atoms with Crippen LogP contribution in [0.15, 0.2) is 23.2 Å². The molecule has 1 rings (SSSR count). The monoisotopic (exact) mass is 462 g/mol. The number of ether oxygens (including phenoxy) is 1. The van der Waals surface area contributed by atoms with Crippen molar-refractivity contribution >= 4 is 35.8 Å². The van der Waals surface area contributed by atoms with Gasteiger partial charge in [-0.2, -0.15) is 0 Å². The van der Waals surface area contributed by atoms with Gasteiger partial charge >= 0.3 is 0 Å². The lowest BCUT2D eigenvalue weighted by Gasteiger charge is -2.12. The van der Waals surface area contributed by atoms with Gasteiger partial charge in [0, 0.05) is 26.7 Å². The van der Waals surface area contributed by atoms with Crippen LogP contribution in [0.5, 0.6) is 0 Å². The summed E-state index contributed by atoms with van der Waals surface area (Å²) in [6.07, 6.45) is 0.910. The lowest BCUT2D eigenvalue weighted by Crippen LogP contribution is -2.39. The van der Waals surface area contributed by atoms with Crippen molar-refractivity contribution in [2.75, 3.05) is 39.9 Å². The van der Waals surface area contributed by atoms with E-state index in [1.807, 2.05) is 6.92 Å². The van der Waals surface area contributed by atoms with Crippen LogP contribution in [0.4, 0.5) is 0 Å². The molecule has 1 aromatic rings. The topological polar surface area (TPSA) is 74.8 Å². The average Bonchev–Trinajstić information content (AvgIpc) is 2.52. The molecule has 0 unspecified atom stereocenters. The van der Waals surface area contributed by atoms with E-state index in [4.69, 9.17) is 4.74 Å². The first kappa shape index (κ1) is 23.6. The molecule has 0 atom stereocenters. The van der Waals surface area contributed by atoms with E-state index < -0.39 is 0 Å². The fourth-order valence-electron chi connectivity index (χ4n) is 2.38. The summed E-state index contributed by atoms with van der Waals surface area (Å²) in [5, 5.41) is 9.16. The summed E-state index contributed by atoms with van der Waals surface area (Å²) in [7, 11) is 1.60. The van der Waals surface area contributed by atoms with Crippen LogP contribution < -0.4 is 16.0 Å². The zero-order valence-corrected chi connectivity index (χ0v) is 18.0. The van der Waals surface area contributed by atoms with Crippen LogP contribution in [-0.4, -0.2) is 51.8 Å². The fraction of sp³-hybridized carbons (Fsp3) is 0.556. The number of hydrogen-bond donors (Lipinski definition) is 3. The molecule has 3 N–H and O–H groups in total. The lowest BCUT2D eigenvalue weighted by molar-refractivity contribution is -0.119. The number of carbonyl (C=O) groups is 1. The van der Waals surface area contributed by atoms with Crippen LogP contribution in [-0.2, 0) is 16.0 Å². The molecule has 1 aromatic carbocycles. The van der Waals surface area contributed by atoms with E-state index in [0.29, 0.717) is 19.1 Å². The number of nitrogens with zero attached hydrogens (tertiary/aromatic N) is 1. The maximum atomic E-state index is 11.7. The first-order valence-electron chi connectivity index (χ1n) is 8.40. The summed E-state index contributed by atoms with van der Waals surface area (Å²) >= 11 is 0. The molecule has 0 aromatic heterocycles. The van der Waals surface area contributed by atoms with Crippen molar-refractivity contribution in [1.29, 1.82) is 0 Å². The van der Waals surface area contributed by atoms with Gasteiger partial charge in [0.2, 0.25) is 5.91 Å². The molecule has 6 nitrogen and oxygen atoms in total. The average molecular weight is 462 g/mol. The molecule has 0 bridgehead atoms. The summed E-state index contributed by atoms with van der Waals surface area (Å²) < 4.78 is 4.89. The third-order valence-electron chi connectivity index (χ3n) is 3.34. The second kappa shape index (κ2) is 13.9. The predicted octanol–water partition coefficient (Wildman–Crippen LogP) is 1.78. The minimum Gasteiger partial charge on any atom is -0.383 e. The van der Waals surface area contributed by atoms with E-state index in [0.717, 1.165) is 19.5 Å². The molecule has 0 heterocycles. The molecule has 0 saturated carbocycles. The normalized spacial score (nSPS) is 10.8. The zero-order chi connectivity index (χ0) is 17.8. The summed E-state index contributed by atoms with van der Waals surface area (Å²) in [5.74, 6) is 0.544. The van der Waals surface area contributed by atoms with Crippen molar-refractivity contribution in [1.82, 2.24) is 16.0 Å². The molecular formula is C18H31IN4O2. The molecule has 0 spiro atoms. The second-order valence-electron chi connectivity index (χ2n) is 5.71. The van der Waals surface area contributed by atoms with E-state index in [9.17, 15) is 4.79 Å². The van der Waals surface area contributed by atoms with Crippen molar-refractivity contribution in [3.8, 4) is 0 Å². The Morgan fingerprint density at radius 1 is 1.08 bits per heavy atom. The Bertz CT molecular complexity index is 530. The highest BCUT2D eigenvalue weighted by Gasteiger charge is 2.02. The first-order chi connectivity index (χ1) is 11.5. The third-order valence-corrected chi connectivity index (χ3v) is 3.34. The molecule has 1 amide bonds. The van der Waals surface area contributed by atoms with Gasteiger partial charge in [0.05, 0.1) is 6.61 Å². The lowest BCUT2D eigenvalue weighted by atomic mass is 10.1. The highest BCUT2D eigenvalue weighted by atomic mass is 127. The van der Waals surface area contributed by atoms with Crippen LogP contribution in [0, 0.1) is 13.8 Å². The van der Waals surface area contributed by atoms with Gasteiger partial charge in [-0.3, -0.25) is 4.79 Å². The Hall–Kier alpha value is -1.35. The van der Waals surface area contributed by atoms with Crippen molar-refractivity contribution in [3.63, 3.8) is 0 Å². The number of aryl methyl sites for hydroxylation is 2. The largest absolute Gasteiger partial charge is 0.383 e. The van der Waals surface area contributed by atoms with E-state index in [-0.39, 0.29) is 36.4 Å². The van der Waals surface area contributed by atoms with Crippen molar-refractivity contribution < 1.29 is 9.53 Å². The molecule has 0 saturated heterocycles. The van der Waals surface area contributed by atoms with Crippen LogP contribution in [0.2, 0.25) is 0 Å². The highest BCUT2D eigenvalue weighted by Crippen LogP contribution is 2.08. The van der Waals surface area contributed by atoms with E-state index in [1.54, 1.807) is 7.11 Å². The Morgan fingerprint density at radius 3 is 2.36 bits per heavy atom. The fourth-order valence-corrected chi connectivity index (χ4v) is 2.38. The molecule has 7 heteroatoms. The van der Waals surface area contributed by atoms with E-state index in [2.05, 4.69) is 53.0 Å². The molecule has 0 fully saturated rings. The van der Waals surface area contributed by atoms with Gasteiger partial charge in [-0.15, -0.1) is 24.0 Å². The molecule has 0 radical (unpaired) electrons. The van der Waals surface area contributed by atoms with Gasteiger partial charge in [-0.25, -0.2) is 4.99 Å². The molecule has 0 aliphatic heterocycles. The van der Waals surface area contributed by atoms with Gasteiger partial charge in [0.1, 0.15) is 6.54 Å².